The molecule has 1 aliphatic rings. The monoisotopic (exact) mass is 267 g/mol. The molecule has 0 bridgehead atoms. The van der Waals surface area contributed by atoms with Gasteiger partial charge in [-0.3, -0.25) is 0 Å². The summed E-state index contributed by atoms with van der Waals surface area (Å²) in [4.78, 5) is 8.53. The van der Waals surface area contributed by atoms with E-state index in [-0.39, 0.29) is 0 Å². The molecule has 2 unspecified atom stereocenters. The van der Waals surface area contributed by atoms with Crippen molar-refractivity contribution in [2.24, 2.45) is 5.92 Å². The molecule has 2 rings (SSSR count). The molecule has 0 saturated heterocycles. The second-order valence-corrected chi connectivity index (χ2v) is 5.77. The van der Waals surface area contributed by atoms with Crippen LogP contribution >= 0.6 is 11.6 Å². The molecule has 0 radical (unpaired) electrons. The molecule has 2 atom stereocenters. The molecule has 0 aromatic carbocycles. The smallest absolute Gasteiger partial charge is 0.129 e. The Kier molecular flexibility index (Phi) is 5.24. The van der Waals surface area contributed by atoms with Gasteiger partial charge in [0.05, 0.1) is 0 Å². The average Bonchev–Trinajstić information content (AvgIpc) is 2.37. The lowest BCUT2D eigenvalue weighted by Gasteiger charge is -2.25. The summed E-state index contributed by atoms with van der Waals surface area (Å²) in [5, 5.41) is 3.79. The number of aryl methyl sites for hydroxylation is 1. The maximum absolute atomic E-state index is 6.21. The third-order valence-electron chi connectivity index (χ3n) is 3.52. The van der Waals surface area contributed by atoms with Gasteiger partial charge < -0.3 is 5.32 Å². The van der Waals surface area contributed by atoms with Gasteiger partial charge in [0.15, 0.2) is 0 Å². The van der Waals surface area contributed by atoms with Crippen molar-refractivity contribution in [3.05, 3.63) is 18.1 Å². The first-order valence-corrected chi connectivity index (χ1v) is 7.40. The van der Waals surface area contributed by atoms with Gasteiger partial charge in [-0.25, -0.2) is 9.97 Å². The summed E-state index contributed by atoms with van der Waals surface area (Å²) in [5.41, 5.74) is 1.12. The molecule has 0 amide bonds. The molecule has 1 aliphatic carbocycles. The lowest BCUT2D eigenvalue weighted by atomic mass is 9.89. The first-order chi connectivity index (χ1) is 8.78. The Balaban J connectivity index is 1.83. The lowest BCUT2D eigenvalue weighted by molar-refractivity contribution is 0.378. The summed E-state index contributed by atoms with van der Waals surface area (Å²) in [6.07, 6.45) is 8.62. The van der Waals surface area contributed by atoms with Crippen LogP contribution in [-0.2, 0) is 6.42 Å². The summed E-state index contributed by atoms with van der Waals surface area (Å²) < 4.78 is 0. The number of rotatable bonds is 5. The fraction of sp³-hybridized carbons (Fsp3) is 0.714. The van der Waals surface area contributed by atoms with Crippen LogP contribution in [0, 0.1) is 5.92 Å². The third kappa shape index (κ3) is 4.13. The number of nitrogens with zero attached hydrogens (tertiary/aromatic N) is 2. The van der Waals surface area contributed by atoms with Crippen molar-refractivity contribution in [1.29, 1.82) is 0 Å². The van der Waals surface area contributed by atoms with E-state index in [1.807, 2.05) is 0 Å². The van der Waals surface area contributed by atoms with Gasteiger partial charge in [-0.1, -0.05) is 19.8 Å². The minimum atomic E-state index is 0.367. The predicted molar refractivity (Wildman–Crippen MR) is 76.1 cm³/mol. The zero-order valence-corrected chi connectivity index (χ0v) is 11.8. The van der Waals surface area contributed by atoms with E-state index in [1.54, 1.807) is 6.33 Å². The van der Waals surface area contributed by atoms with Gasteiger partial charge in [0, 0.05) is 23.7 Å². The number of hydrogen-bond acceptors (Lipinski definition) is 3. The Morgan fingerprint density at radius 2 is 2.28 bits per heavy atom. The van der Waals surface area contributed by atoms with E-state index in [2.05, 4.69) is 28.3 Å². The van der Waals surface area contributed by atoms with E-state index in [0.717, 1.165) is 37.3 Å². The minimum absolute atomic E-state index is 0.367. The van der Waals surface area contributed by atoms with E-state index >= 15 is 0 Å². The summed E-state index contributed by atoms with van der Waals surface area (Å²) >= 11 is 6.21. The van der Waals surface area contributed by atoms with Gasteiger partial charge in [0.25, 0.3) is 0 Å². The van der Waals surface area contributed by atoms with Crippen molar-refractivity contribution in [2.75, 3.05) is 11.9 Å². The van der Waals surface area contributed by atoms with Crippen LogP contribution in [0.3, 0.4) is 0 Å². The van der Waals surface area contributed by atoms with Crippen LogP contribution < -0.4 is 5.32 Å². The van der Waals surface area contributed by atoms with Crippen molar-refractivity contribution >= 4 is 17.4 Å². The molecule has 1 N–H and O–H groups in total. The highest BCUT2D eigenvalue weighted by molar-refractivity contribution is 6.20. The van der Waals surface area contributed by atoms with Gasteiger partial charge in [0.2, 0.25) is 0 Å². The standard InChI is InChI=1S/C14H22ClN3/c1-2-4-13-8-14(18-10-17-13)16-9-11-5-3-6-12(15)7-11/h8,10-12H,2-7,9H2,1H3,(H,16,17,18). The minimum Gasteiger partial charge on any atom is -0.370 e. The van der Waals surface area contributed by atoms with Crippen LogP contribution in [0.4, 0.5) is 5.82 Å². The van der Waals surface area contributed by atoms with Crippen LogP contribution in [0.1, 0.15) is 44.7 Å². The van der Waals surface area contributed by atoms with Crippen molar-refractivity contribution in [3.8, 4) is 0 Å². The maximum Gasteiger partial charge on any atom is 0.129 e. The quantitative estimate of drug-likeness (QED) is 0.828. The molecular formula is C14H22ClN3. The van der Waals surface area contributed by atoms with Gasteiger partial charge in [-0.15, -0.1) is 11.6 Å². The molecule has 1 aromatic rings. The van der Waals surface area contributed by atoms with Crippen molar-refractivity contribution < 1.29 is 0 Å². The lowest BCUT2D eigenvalue weighted by Crippen LogP contribution is -2.22. The highest BCUT2D eigenvalue weighted by Gasteiger charge is 2.19. The summed E-state index contributed by atoms with van der Waals surface area (Å²) in [7, 11) is 0. The second-order valence-electron chi connectivity index (χ2n) is 5.16. The highest BCUT2D eigenvalue weighted by Crippen LogP contribution is 2.27. The Labute approximate surface area is 114 Å². The van der Waals surface area contributed by atoms with Gasteiger partial charge in [-0.2, -0.15) is 0 Å². The molecule has 18 heavy (non-hydrogen) atoms. The fourth-order valence-corrected chi connectivity index (χ4v) is 2.95. The second kappa shape index (κ2) is 6.93. The van der Waals surface area contributed by atoms with E-state index in [1.165, 1.54) is 19.3 Å². The molecule has 1 saturated carbocycles. The van der Waals surface area contributed by atoms with E-state index in [4.69, 9.17) is 11.6 Å². The molecule has 1 aromatic heterocycles. The summed E-state index contributed by atoms with van der Waals surface area (Å²) in [6, 6.07) is 2.06. The Morgan fingerprint density at radius 3 is 3.06 bits per heavy atom. The first kappa shape index (κ1) is 13.6. The van der Waals surface area contributed by atoms with Crippen LogP contribution in [0.5, 0.6) is 0 Å². The number of hydrogen-bond donors (Lipinski definition) is 1. The van der Waals surface area contributed by atoms with Crippen LogP contribution in [0.25, 0.3) is 0 Å². The van der Waals surface area contributed by atoms with Crippen molar-refractivity contribution in [1.82, 2.24) is 9.97 Å². The Morgan fingerprint density at radius 1 is 1.39 bits per heavy atom. The number of nitrogens with one attached hydrogen (secondary N) is 1. The van der Waals surface area contributed by atoms with Gasteiger partial charge in [-0.05, 0) is 31.6 Å². The molecular weight excluding hydrogens is 246 g/mol. The molecule has 3 nitrogen and oxygen atoms in total. The largest absolute Gasteiger partial charge is 0.370 e. The molecule has 0 aliphatic heterocycles. The normalized spacial score (nSPS) is 23.9. The van der Waals surface area contributed by atoms with Gasteiger partial charge in [0.1, 0.15) is 12.1 Å². The molecule has 0 spiro atoms. The van der Waals surface area contributed by atoms with Crippen LogP contribution in [0.2, 0.25) is 0 Å². The van der Waals surface area contributed by atoms with Gasteiger partial charge >= 0.3 is 0 Å². The van der Waals surface area contributed by atoms with E-state index in [0.29, 0.717) is 11.3 Å². The maximum atomic E-state index is 6.21. The number of alkyl halides is 1. The zero-order chi connectivity index (χ0) is 12.8. The number of aromatic nitrogens is 2. The molecule has 1 fully saturated rings. The molecule has 1 heterocycles. The SMILES string of the molecule is CCCc1cc(NCC2CCCC(Cl)C2)ncn1. The van der Waals surface area contributed by atoms with Crippen LogP contribution in [0.15, 0.2) is 12.4 Å². The Bertz CT molecular complexity index is 370. The third-order valence-corrected chi connectivity index (χ3v) is 3.92. The average molecular weight is 268 g/mol. The van der Waals surface area contributed by atoms with Crippen molar-refractivity contribution in [3.63, 3.8) is 0 Å². The van der Waals surface area contributed by atoms with Crippen LogP contribution in [-0.4, -0.2) is 21.9 Å². The summed E-state index contributed by atoms with van der Waals surface area (Å²) in [6.45, 7) is 3.14. The Hall–Kier alpha value is -0.830. The zero-order valence-electron chi connectivity index (χ0n) is 11.0. The fourth-order valence-electron chi connectivity index (χ4n) is 2.55. The van der Waals surface area contributed by atoms with Crippen molar-refractivity contribution in [2.45, 2.75) is 50.8 Å². The predicted octanol–water partition coefficient (Wildman–Crippen LogP) is 3.64. The molecule has 4 heteroatoms. The van der Waals surface area contributed by atoms with E-state index in [9.17, 15) is 0 Å². The highest BCUT2D eigenvalue weighted by atomic mass is 35.5. The summed E-state index contributed by atoms with van der Waals surface area (Å²) in [5.74, 6) is 1.64. The number of anilines is 1. The molecule has 100 valence electrons. The first-order valence-electron chi connectivity index (χ1n) is 6.96. The topological polar surface area (TPSA) is 37.8 Å². The number of halogens is 1. The van der Waals surface area contributed by atoms with E-state index < -0.39 is 0 Å².